The lowest BCUT2D eigenvalue weighted by Crippen LogP contribution is -2.05. The van der Waals surface area contributed by atoms with Gasteiger partial charge in [-0.2, -0.15) is 10.0 Å². The van der Waals surface area contributed by atoms with Crippen LogP contribution in [0.2, 0.25) is 0 Å². The fourth-order valence-electron chi connectivity index (χ4n) is 3.12. The number of aromatic hydroxyl groups is 1. The second kappa shape index (κ2) is 6.21. The van der Waals surface area contributed by atoms with E-state index in [1.807, 2.05) is 0 Å². The van der Waals surface area contributed by atoms with Crippen LogP contribution in [0.15, 0.2) is 75.6 Å². The lowest BCUT2D eigenvalue weighted by molar-refractivity contribution is 0.475. The number of benzene rings is 1. The smallest absolute Gasteiger partial charge is 0.115 e. The summed E-state index contributed by atoms with van der Waals surface area (Å²) in [5.74, 6) is 0.344. The maximum absolute atomic E-state index is 9.49. The highest BCUT2D eigenvalue weighted by Gasteiger charge is 2.22. The molecule has 3 rings (SSSR count). The third-order valence-electron chi connectivity index (χ3n) is 4.62. The maximum Gasteiger partial charge on any atom is 0.115 e. The number of rotatable bonds is 3. The normalized spacial score (nSPS) is 19.3. The van der Waals surface area contributed by atoms with Crippen LogP contribution in [0.1, 0.15) is 25.7 Å². The maximum atomic E-state index is 9.49. The Morgan fingerprint density at radius 3 is 2.18 bits per heavy atom. The van der Waals surface area contributed by atoms with E-state index < -0.39 is 10.0 Å². The van der Waals surface area contributed by atoms with Crippen molar-refractivity contribution in [3.63, 3.8) is 0 Å². The second-order valence-electron chi connectivity index (χ2n) is 6.30. The van der Waals surface area contributed by atoms with Crippen molar-refractivity contribution in [2.45, 2.75) is 30.6 Å². The average Bonchev–Trinajstić information content (AvgIpc) is 2.56. The lowest BCUT2D eigenvalue weighted by Gasteiger charge is -2.36. The molecule has 0 aromatic heterocycles. The van der Waals surface area contributed by atoms with Gasteiger partial charge in [0.05, 0.1) is 0 Å². The Balaban J connectivity index is 1.85. The second-order valence-corrected chi connectivity index (χ2v) is 9.95. The van der Waals surface area contributed by atoms with E-state index >= 15 is 0 Å². The van der Waals surface area contributed by atoms with Crippen molar-refractivity contribution in [2.75, 3.05) is 12.5 Å². The van der Waals surface area contributed by atoms with E-state index in [4.69, 9.17) is 0 Å². The third kappa shape index (κ3) is 3.07. The van der Waals surface area contributed by atoms with Crippen LogP contribution in [0.5, 0.6) is 5.75 Å². The molecule has 0 unspecified atom stereocenters. The van der Waals surface area contributed by atoms with E-state index in [1.165, 1.54) is 28.9 Å². The monoisotopic (exact) mass is 312 g/mol. The summed E-state index contributed by atoms with van der Waals surface area (Å²) in [5.41, 5.74) is 3.02. The molecule has 0 atom stereocenters. The predicted octanol–water partition coefficient (Wildman–Crippen LogP) is 5.70. The molecule has 116 valence electrons. The van der Waals surface area contributed by atoms with Crippen LogP contribution < -0.4 is 0 Å². The number of allylic oxidation sites excluding steroid dienone is 8. The first-order valence-electron chi connectivity index (χ1n) is 7.85. The highest BCUT2D eigenvalue weighted by molar-refractivity contribution is 8.35. The van der Waals surface area contributed by atoms with Gasteiger partial charge < -0.3 is 5.11 Å². The minimum atomic E-state index is -0.961. The molecule has 0 amide bonds. The molecule has 0 saturated heterocycles. The number of hydrogen-bond donors (Lipinski definition) is 1. The zero-order valence-corrected chi connectivity index (χ0v) is 14.2. The largest absolute Gasteiger partial charge is 0.508 e. The van der Waals surface area contributed by atoms with Crippen LogP contribution in [-0.4, -0.2) is 17.6 Å². The highest BCUT2D eigenvalue weighted by Crippen LogP contribution is 2.58. The molecule has 0 spiro atoms. The standard InChI is InChI=1S/C20H24OS/c1-22(2,20-14-10-18(21)11-15-20)19-12-8-17(9-13-19)16-6-4-3-5-7-16/h3-4,6,8,10-12,14-15,21H,5,7,9,13H2,1-2H3. The molecule has 22 heavy (non-hydrogen) atoms. The van der Waals surface area contributed by atoms with Gasteiger partial charge in [-0.05, 0) is 83.4 Å². The van der Waals surface area contributed by atoms with Gasteiger partial charge in [0.25, 0.3) is 0 Å². The summed E-state index contributed by atoms with van der Waals surface area (Å²) in [7, 11) is -0.961. The molecular formula is C20H24OS. The van der Waals surface area contributed by atoms with E-state index in [-0.39, 0.29) is 0 Å². The molecular weight excluding hydrogens is 288 g/mol. The highest BCUT2D eigenvalue weighted by atomic mass is 32.3. The van der Waals surface area contributed by atoms with Gasteiger partial charge >= 0.3 is 0 Å². The summed E-state index contributed by atoms with van der Waals surface area (Å²) < 4.78 is 0. The van der Waals surface area contributed by atoms with Crippen LogP contribution in [-0.2, 0) is 0 Å². The Bertz CT molecular complexity index is 672. The van der Waals surface area contributed by atoms with Crippen molar-refractivity contribution in [3.05, 3.63) is 70.7 Å². The topological polar surface area (TPSA) is 20.2 Å². The first kappa shape index (κ1) is 15.2. The van der Waals surface area contributed by atoms with Gasteiger partial charge in [-0.15, -0.1) is 0 Å². The van der Waals surface area contributed by atoms with Crippen molar-refractivity contribution in [1.29, 1.82) is 0 Å². The van der Waals surface area contributed by atoms with Gasteiger partial charge in [-0.3, -0.25) is 0 Å². The molecule has 1 aromatic carbocycles. The molecule has 0 fully saturated rings. The van der Waals surface area contributed by atoms with Crippen LogP contribution in [0.25, 0.3) is 0 Å². The van der Waals surface area contributed by atoms with E-state index in [0.717, 1.165) is 12.8 Å². The first-order chi connectivity index (χ1) is 10.6. The molecule has 2 heteroatoms. The summed E-state index contributed by atoms with van der Waals surface area (Å²) in [6, 6.07) is 7.74. The Labute approximate surface area is 135 Å². The van der Waals surface area contributed by atoms with Crippen molar-refractivity contribution < 1.29 is 5.11 Å². The summed E-state index contributed by atoms with van der Waals surface area (Å²) in [4.78, 5) is 2.89. The van der Waals surface area contributed by atoms with E-state index in [2.05, 4.69) is 55.0 Å². The van der Waals surface area contributed by atoms with Crippen molar-refractivity contribution in [3.8, 4) is 5.75 Å². The Morgan fingerprint density at radius 1 is 0.864 bits per heavy atom. The Morgan fingerprint density at radius 2 is 1.59 bits per heavy atom. The molecule has 0 heterocycles. The zero-order valence-electron chi connectivity index (χ0n) is 13.4. The Kier molecular flexibility index (Phi) is 4.30. The SMILES string of the molecule is CS(C)(C1=CC=C(C2=CC=CCC2)CC1)c1ccc(O)cc1. The fraction of sp³-hybridized carbons (Fsp3) is 0.300. The van der Waals surface area contributed by atoms with Crippen LogP contribution in [0, 0.1) is 0 Å². The molecule has 1 nitrogen and oxygen atoms in total. The van der Waals surface area contributed by atoms with Crippen molar-refractivity contribution >= 4 is 10.0 Å². The van der Waals surface area contributed by atoms with Crippen molar-refractivity contribution in [2.24, 2.45) is 0 Å². The summed E-state index contributed by atoms with van der Waals surface area (Å²) >= 11 is 0. The van der Waals surface area contributed by atoms with Gasteiger partial charge in [-0.25, -0.2) is 0 Å². The molecule has 0 saturated carbocycles. The van der Waals surface area contributed by atoms with E-state index in [0.29, 0.717) is 5.75 Å². The quantitative estimate of drug-likeness (QED) is 0.759. The van der Waals surface area contributed by atoms with Crippen LogP contribution in [0.3, 0.4) is 0 Å². The predicted molar refractivity (Wildman–Crippen MR) is 97.7 cm³/mol. The van der Waals surface area contributed by atoms with E-state index in [1.54, 1.807) is 17.0 Å². The minimum Gasteiger partial charge on any atom is -0.508 e. The number of hydrogen-bond acceptors (Lipinski definition) is 1. The van der Waals surface area contributed by atoms with Gasteiger partial charge in [-0.1, -0.05) is 30.4 Å². The number of phenolic OH excluding ortho intramolecular Hbond substituents is 1. The van der Waals surface area contributed by atoms with E-state index in [9.17, 15) is 5.11 Å². The van der Waals surface area contributed by atoms with Gasteiger partial charge in [0.15, 0.2) is 0 Å². The zero-order chi connectivity index (χ0) is 15.6. The fourth-order valence-corrected chi connectivity index (χ4v) is 5.26. The van der Waals surface area contributed by atoms with Crippen LogP contribution >= 0.6 is 10.0 Å². The van der Waals surface area contributed by atoms with Gasteiger partial charge in [0.1, 0.15) is 5.75 Å². The molecule has 0 radical (unpaired) electrons. The summed E-state index contributed by atoms with van der Waals surface area (Å²) in [6.45, 7) is 0. The van der Waals surface area contributed by atoms with Gasteiger partial charge in [0, 0.05) is 0 Å². The summed E-state index contributed by atoms with van der Waals surface area (Å²) in [6.07, 6.45) is 20.7. The molecule has 1 N–H and O–H groups in total. The number of phenols is 1. The van der Waals surface area contributed by atoms with Gasteiger partial charge in [0.2, 0.25) is 0 Å². The first-order valence-corrected chi connectivity index (χ1v) is 10.3. The van der Waals surface area contributed by atoms with Crippen molar-refractivity contribution in [1.82, 2.24) is 0 Å². The minimum absolute atomic E-state index is 0.344. The third-order valence-corrected chi connectivity index (χ3v) is 7.72. The molecule has 1 aromatic rings. The molecule has 0 aliphatic heterocycles. The summed E-state index contributed by atoms with van der Waals surface area (Å²) in [5, 5.41) is 9.49. The average molecular weight is 312 g/mol. The molecule has 2 aliphatic carbocycles. The lowest BCUT2D eigenvalue weighted by atomic mass is 9.92. The molecule has 0 bridgehead atoms. The molecule has 2 aliphatic rings. The Hall–Kier alpha value is -1.67. The van der Waals surface area contributed by atoms with Crippen LogP contribution in [0.4, 0.5) is 0 Å².